The van der Waals surface area contributed by atoms with Crippen LogP contribution in [-0.4, -0.2) is 19.9 Å². The molecule has 8 heteroatoms. The molecule has 0 aliphatic rings. The molecule has 0 aliphatic heterocycles. The van der Waals surface area contributed by atoms with Crippen LogP contribution in [0.4, 0.5) is 0 Å². The summed E-state index contributed by atoms with van der Waals surface area (Å²) in [4.78, 5) is 40.9. The van der Waals surface area contributed by atoms with Gasteiger partial charge in [-0.2, -0.15) is 0 Å². The van der Waals surface area contributed by atoms with Crippen LogP contribution < -0.4 is 11.3 Å². The molecule has 32 heavy (non-hydrogen) atoms. The standard InChI is InChI=1S/C24H18N4O4/c1-10(2)22-26-9-17(28-22)12-4-14-20-15(5-12)24(30)32-19-7-13(16-8-25-11(3)27-16)6-18(21(19)20)31-23(14)29/h4-10H,1-3H3,(H,25,27)(H,26,28). The maximum atomic E-state index is 13.0. The quantitative estimate of drug-likeness (QED) is 0.313. The van der Waals surface area contributed by atoms with Crippen molar-refractivity contribution in [2.45, 2.75) is 26.7 Å². The number of aromatic amines is 2. The van der Waals surface area contributed by atoms with E-state index in [1.165, 1.54) is 0 Å². The van der Waals surface area contributed by atoms with E-state index in [4.69, 9.17) is 8.83 Å². The minimum Gasteiger partial charge on any atom is -0.422 e. The minimum atomic E-state index is -0.516. The van der Waals surface area contributed by atoms with Gasteiger partial charge in [0.05, 0.1) is 39.9 Å². The van der Waals surface area contributed by atoms with Crippen molar-refractivity contribution >= 4 is 32.7 Å². The fourth-order valence-electron chi connectivity index (χ4n) is 4.20. The molecule has 8 nitrogen and oxygen atoms in total. The van der Waals surface area contributed by atoms with Crippen molar-refractivity contribution < 1.29 is 8.83 Å². The molecule has 158 valence electrons. The van der Waals surface area contributed by atoms with Crippen LogP contribution in [-0.2, 0) is 0 Å². The molecule has 0 fully saturated rings. The Labute approximate surface area is 180 Å². The van der Waals surface area contributed by atoms with Crippen molar-refractivity contribution in [2.75, 3.05) is 0 Å². The Kier molecular flexibility index (Phi) is 3.71. The Morgan fingerprint density at radius 1 is 0.781 bits per heavy atom. The molecule has 6 aromatic rings. The predicted molar refractivity (Wildman–Crippen MR) is 121 cm³/mol. The molecule has 6 rings (SSSR count). The third kappa shape index (κ3) is 2.62. The fraction of sp³-hybridized carbons (Fsp3) is 0.167. The molecule has 0 spiro atoms. The topological polar surface area (TPSA) is 118 Å². The molecule has 0 unspecified atom stereocenters. The van der Waals surface area contributed by atoms with Crippen molar-refractivity contribution in [2.24, 2.45) is 0 Å². The average Bonchev–Trinajstić information content (AvgIpc) is 3.42. The maximum Gasteiger partial charge on any atom is 0.344 e. The summed E-state index contributed by atoms with van der Waals surface area (Å²) in [6.45, 7) is 5.91. The second kappa shape index (κ2) is 6.40. The van der Waals surface area contributed by atoms with Crippen LogP contribution in [0.5, 0.6) is 0 Å². The van der Waals surface area contributed by atoms with Gasteiger partial charge in [-0.25, -0.2) is 19.6 Å². The Morgan fingerprint density at radius 2 is 1.34 bits per heavy atom. The predicted octanol–water partition coefficient (Wildman–Crippen LogP) is 4.70. The summed E-state index contributed by atoms with van der Waals surface area (Å²) in [5.74, 6) is 1.79. The fourth-order valence-corrected chi connectivity index (χ4v) is 4.20. The molecule has 4 heterocycles. The lowest BCUT2D eigenvalue weighted by Gasteiger charge is -2.10. The number of nitrogens with one attached hydrogen (secondary N) is 2. The zero-order valence-corrected chi connectivity index (χ0v) is 17.6. The number of hydrogen-bond acceptors (Lipinski definition) is 6. The van der Waals surface area contributed by atoms with E-state index in [1.54, 1.807) is 36.7 Å². The zero-order valence-electron chi connectivity index (χ0n) is 17.6. The van der Waals surface area contributed by atoms with E-state index >= 15 is 0 Å². The van der Waals surface area contributed by atoms with Gasteiger partial charge in [-0.1, -0.05) is 13.8 Å². The van der Waals surface area contributed by atoms with Crippen LogP contribution in [0.25, 0.3) is 55.2 Å². The van der Waals surface area contributed by atoms with Gasteiger partial charge < -0.3 is 18.8 Å². The van der Waals surface area contributed by atoms with E-state index in [0.29, 0.717) is 43.8 Å². The normalized spacial score (nSPS) is 12.1. The number of aryl methyl sites for hydroxylation is 1. The molecule has 4 aromatic heterocycles. The zero-order chi connectivity index (χ0) is 22.1. The Hall–Kier alpha value is -4.20. The van der Waals surface area contributed by atoms with Gasteiger partial charge in [0.2, 0.25) is 0 Å². The lowest BCUT2D eigenvalue weighted by Crippen LogP contribution is -2.07. The van der Waals surface area contributed by atoms with E-state index in [1.807, 2.05) is 20.8 Å². The average molecular weight is 426 g/mol. The first-order valence-electron chi connectivity index (χ1n) is 10.3. The molecule has 2 N–H and O–H groups in total. The molecular formula is C24H18N4O4. The summed E-state index contributed by atoms with van der Waals surface area (Å²) in [6.07, 6.45) is 3.38. The molecular weight excluding hydrogens is 408 g/mol. The second-order valence-corrected chi connectivity index (χ2v) is 8.29. The molecule has 0 amide bonds. The highest BCUT2D eigenvalue weighted by Gasteiger charge is 2.20. The van der Waals surface area contributed by atoms with Gasteiger partial charge in [-0.05, 0) is 31.2 Å². The van der Waals surface area contributed by atoms with Gasteiger partial charge in [0.25, 0.3) is 0 Å². The minimum absolute atomic E-state index is 0.219. The molecule has 0 saturated heterocycles. The van der Waals surface area contributed by atoms with Crippen LogP contribution >= 0.6 is 0 Å². The second-order valence-electron chi connectivity index (χ2n) is 8.29. The van der Waals surface area contributed by atoms with Crippen molar-refractivity contribution in [3.8, 4) is 22.5 Å². The maximum absolute atomic E-state index is 13.0. The van der Waals surface area contributed by atoms with Crippen LogP contribution in [0.2, 0.25) is 0 Å². The molecule has 0 bridgehead atoms. The van der Waals surface area contributed by atoms with E-state index < -0.39 is 11.3 Å². The first kappa shape index (κ1) is 18.6. The van der Waals surface area contributed by atoms with Crippen molar-refractivity contribution in [1.29, 1.82) is 0 Å². The number of imidazole rings is 2. The summed E-state index contributed by atoms with van der Waals surface area (Å²) < 4.78 is 11.4. The number of rotatable bonds is 3. The molecule has 0 atom stereocenters. The van der Waals surface area contributed by atoms with E-state index in [2.05, 4.69) is 19.9 Å². The molecule has 0 saturated carbocycles. The number of benzene rings is 2. The van der Waals surface area contributed by atoms with Crippen LogP contribution in [0, 0.1) is 6.92 Å². The summed E-state index contributed by atoms with van der Waals surface area (Å²) in [7, 11) is 0. The van der Waals surface area contributed by atoms with Gasteiger partial charge in [0.15, 0.2) is 0 Å². The largest absolute Gasteiger partial charge is 0.422 e. The van der Waals surface area contributed by atoms with Gasteiger partial charge in [-0.3, -0.25) is 0 Å². The highest BCUT2D eigenvalue weighted by Crippen LogP contribution is 2.36. The molecule has 0 aliphatic carbocycles. The first-order valence-corrected chi connectivity index (χ1v) is 10.3. The number of H-pyrrole nitrogens is 2. The van der Waals surface area contributed by atoms with Gasteiger partial charge >= 0.3 is 11.3 Å². The van der Waals surface area contributed by atoms with Crippen LogP contribution in [0.1, 0.15) is 31.4 Å². The number of nitrogens with zero attached hydrogens (tertiary/aromatic N) is 2. The highest BCUT2D eigenvalue weighted by molar-refractivity contribution is 6.20. The molecule has 2 aromatic carbocycles. The summed E-state index contributed by atoms with van der Waals surface area (Å²) in [5.41, 5.74) is 2.51. The lowest BCUT2D eigenvalue weighted by molar-refractivity contribution is 0.557. The van der Waals surface area contributed by atoms with Crippen molar-refractivity contribution in [1.82, 2.24) is 19.9 Å². The SMILES string of the molecule is Cc1ncc(-c2cc3oc(=O)c4cc(-c5cnc(C(C)C)[nH]5)cc5c(=O)oc(c2)c3c45)[nH]1. The first-order chi connectivity index (χ1) is 15.4. The van der Waals surface area contributed by atoms with E-state index in [9.17, 15) is 9.59 Å². The van der Waals surface area contributed by atoms with E-state index in [-0.39, 0.29) is 5.92 Å². The molecule has 0 radical (unpaired) electrons. The third-order valence-electron chi connectivity index (χ3n) is 5.77. The Balaban J connectivity index is 1.68. The smallest absolute Gasteiger partial charge is 0.344 e. The van der Waals surface area contributed by atoms with Gasteiger partial charge in [0.1, 0.15) is 22.8 Å². The van der Waals surface area contributed by atoms with E-state index in [0.717, 1.165) is 23.0 Å². The number of aromatic nitrogens is 4. The number of hydrogen-bond donors (Lipinski definition) is 2. The lowest BCUT2D eigenvalue weighted by atomic mass is 9.98. The van der Waals surface area contributed by atoms with Gasteiger partial charge in [-0.15, -0.1) is 0 Å². The third-order valence-corrected chi connectivity index (χ3v) is 5.77. The monoisotopic (exact) mass is 426 g/mol. The summed E-state index contributed by atoms with van der Waals surface area (Å²) in [6, 6.07) is 6.98. The van der Waals surface area contributed by atoms with Crippen LogP contribution in [0.15, 0.2) is 55.1 Å². The van der Waals surface area contributed by atoms with Gasteiger partial charge in [0, 0.05) is 22.4 Å². The van der Waals surface area contributed by atoms with Crippen molar-refractivity contribution in [3.63, 3.8) is 0 Å². The van der Waals surface area contributed by atoms with Crippen molar-refractivity contribution in [3.05, 3.63) is 69.1 Å². The van der Waals surface area contributed by atoms with Crippen LogP contribution in [0.3, 0.4) is 0 Å². The highest BCUT2D eigenvalue weighted by atomic mass is 16.4. The summed E-state index contributed by atoms with van der Waals surface area (Å²) >= 11 is 0. The Bertz CT molecular complexity index is 1690. The summed E-state index contributed by atoms with van der Waals surface area (Å²) in [5, 5.41) is 1.80. The Morgan fingerprint density at radius 3 is 1.88 bits per heavy atom.